The van der Waals surface area contributed by atoms with E-state index < -0.39 is 0 Å². The molecule has 0 aromatic heterocycles. The Labute approximate surface area is 131 Å². The van der Waals surface area contributed by atoms with E-state index in [1.165, 1.54) is 38.5 Å². The summed E-state index contributed by atoms with van der Waals surface area (Å²) in [6, 6.07) is 3.84. The van der Waals surface area contributed by atoms with Gasteiger partial charge in [0.2, 0.25) is 0 Å². The van der Waals surface area contributed by atoms with Crippen molar-refractivity contribution in [2.24, 2.45) is 5.92 Å². The Bertz CT molecular complexity index is 494. The lowest BCUT2D eigenvalue weighted by molar-refractivity contribution is 0.236. The molecule has 1 fully saturated rings. The Kier molecular flexibility index (Phi) is 4.73. The lowest BCUT2D eigenvalue weighted by Crippen LogP contribution is -2.19. The van der Waals surface area contributed by atoms with Crippen molar-refractivity contribution in [1.29, 1.82) is 0 Å². The number of rotatable bonds is 3. The van der Waals surface area contributed by atoms with E-state index >= 15 is 0 Å². The third kappa shape index (κ3) is 3.36. The van der Waals surface area contributed by atoms with Crippen LogP contribution in [0, 0.1) is 11.7 Å². The summed E-state index contributed by atoms with van der Waals surface area (Å²) in [5, 5.41) is 0. The molecule has 1 aliphatic heterocycles. The van der Waals surface area contributed by atoms with E-state index in [4.69, 9.17) is 16.3 Å². The molecular formula is C18H24ClFO. The molecule has 1 nitrogen and oxygen atoms in total. The fourth-order valence-corrected chi connectivity index (χ4v) is 4.07. The van der Waals surface area contributed by atoms with Crippen molar-refractivity contribution in [2.75, 3.05) is 0 Å². The summed E-state index contributed by atoms with van der Waals surface area (Å²) in [6.07, 6.45) is 9.18. The molecule has 1 heterocycles. The summed E-state index contributed by atoms with van der Waals surface area (Å²) in [6.45, 7) is 2.26. The molecule has 1 atom stereocenters. The molecule has 116 valence electrons. The predicted octanol–water partition coefficient (Wildman–Crippen LogP) is 5.79. The number of ether oxygens (including phenoxy) is 1. The summed E-state index contributed by atoms with van der Waals surface area (Å²) in [5.41, 5.74) is 1.78. The van der Waals surface area contributed by atoms with Crippen LogP contribution in [0.15, 0.2) is 12.1 Å². The Balaban J connectivity index is 1.74. The number of benzene rings is 1. The summed E-state index contributed by atoms with van der Waals surface area (Å²) < 4.78 is 19.7. The number of hydrogen-bond donors (Lipinski definition) is 0. The highest BCUT2D eigenvalue weighted by molar-refractivity contribution is 6.19. The first-order valence-electron chi connectivity index (χ1n) is 8.30. The van der Waals surface area contributed by atoms with E-state index in [-0.39, 0.29) is 11.4 Å². The molecule has 1 unspecified atom stereocenters. The van der Waals surface area contributed by atoms with Crippen molar-refractivity contribution in [3.05, 3.63) is 29.1 Å². The molecule has 3 heteroatoms. The van der Waals surface area contributed by atoms with E-state index in [9.17, 15) is 4.39 Å². The maximum atomic E-state index is 14.3. The Morgan fingerprint density at radius 1 is 1.19 bits per heavy atom. The Morgan fingerprint density at radius 2 is 1.95 bits per heavy atom. The molecule has 1 aliphatic carbocycles. The third-order valence-corrected chi connectivity index (χ3v) is 5.35. The van der Waals surface area contributed by atoms with Gasteiger partial charge in [-0.1, -0.05) is 37.4 Å². The molecular weight excluding hydrogens is 287 g/mol. The first-order valence-corrected chi connectivity index (χ1v) is 8.74. The SMILES string of the molecule is CCCC1CCC(c2cc(F)c3c(c2)CCC(Cl)O3)CC1. The molecule has 1 aromatic carbocycles. The molecule has 1 aromatic rings. The molecule has 0 amide bonds. The number of fused-ring (bicyclic) bond motifs is 1. The average Bonchev–Trinajstić information content (AvgIpc) is 2.49. The Morgan fingerprint density at radius 3 is 2.67 bits per heavy atom. The molecule has 0 N–H and O–H groups in total. The minimum Gasteiger partial charge on any atom is -0.471 e. The van der Waals surface area contributed by atoms with E-state index in [0.29, 0.717) is 11.7 Å². The molecule has 0 radical (unpaired) electrons. The van der Waals surface area contributed by atoms with Crippen LogP contribution in [0.1, 0.15) is 68.9 Å². The van der Waals surface area contributed by atoms with Crippen LogP contribution < -0.4 is 4.74 Å². The zero-order valence-corrected chi connectivity index (χ0v) is 13.5. The van der Waals surface area contributed by atoms with Gasteiger partial charge in [0.25, 0.3) is 0 Å². The van der Waals surface area contributed by atoms with Crippen molar-refractivity contribution in [3.63, 3.8) is 0 Å². The van der Waals surface area contributed by atoms with Crippen molar-refractivity contribution in [2.45, 2.75) is 69.8 Å². The normalized spacial score (nSPS) is 28.8. The predicted molar refractivity (Wildman–Crippen MR) is 84.6 cm³/mol. The first kappa shape index (κ1) is 15.1. The van der Waals surface area contributed by atoms with Gasteiger partial charge in [-0.25, -0.2) is 4.39 Å². The number of alkyl halides is 1. The van der Waals surface area contributed by atoms with Crippen LogP contribution in [-0.4, -0.2) is 5.56 Å². The molecule has 3 rings (SSSR count). The van der Waals surface area contributed by atoms with Gasteiger partial charge in [0.15, 0.2) is 17.1 Å². The molecule has 21 heavy (non-hydrogen) atoms. The lowest BCUT2D eigenvalue weighted by Gasteiger charge is -2.30. The van der Waals surface area contributed by atoms with Gasteiger partial charge in [0.05, 0.1) is 0 Å². The van der Waals surface area contributed by atoms with Crippen LogP contribution in [0.5, 0.6) is 5.75 Å². The van der Waals surface area contributed by atoms with E-state index in [0.717, 1.165) is 29.9 Å². The van der Waals surface area contributed by atoms with Crippen LogP contribution in [-0.2, 0) is 6.42 Å². The largest absolute Gasteiger partial charge is 0.471 e. The third-order valence-electron chi connectivity index (χ3n) is 5.04. The molecule has 0 spiro atoms. The second-order valence-corrected chi connectivity index (χ2v) is 7.05. The summed E-state index contributed by atoms with van der Waals surface area (Å²) in [4.78, 5) is 0. The van der Waals surface area contributed by atoms with Gasteiger partial charge in [-0.2, -0.15) is 0 Å². The van der Waals surface area contributed by atoms with Crippen molar-refractivity contribution in [1.82, 2.24) is 0 Å². The summed E-state index contributed by atoms with van der Waals surface area (Å²) in [7, 11) is 0. The van der Waals surface area contributed by atoms with E-state index in [1.807, 2.05) is 0 Å². The second-order valence-electron chi connectivity index (χ2n) is 6.56. The molecule has 2 aliphatic rings. The smallest absolute Gasteiger partial charge is 0.172 e. The van der Waals surface area contributed by atoms with E-state index in [2.05, 4.69) is 13.0 Å². The Hall–Kier alpha value is -0.760. The zero-order chi connectivity index (χ0) is 14.8. The highest BCUT2D eigenvalue weighted by atomic mass is 35.5. The first-order chi connectivity index (χ1) is 10.2. The summed E-state index contributed by atoms with van der Waals surface area (Å²) >= 11 is 5.96. The van der Waals surface area contributed by atoms with Crippen LogP contribution in [0.4, 0.5) is 4.39 Å². The maximum Gasteiger partial charge on any atom is 0.172 e. The van der Waals surface area contributed by atoms with Crippen molar-refractivity contribution >= 4 is 11.6 Å². The van der Waals surface area contributed by atoms with Gasteiger partial charge < -0.3 is 4.74 Å². The number of halogens is 2. The minimum absolute atomic E-state index is 0.233. The standard InChI is InChI=1S/C18H24ClFO/c1-2-3-12-4-6-13(7-5-12)15-10-14-8-9-17(19)21-18(14)16(20)11-15/h10-13,17H,2-9H2,1H3. The fourth-order valence-electron chi connectivity index (χ4n) is 3.88. The number of aryl methyl sites for hydroxylation is 1. The fraction of sp³-hybridized carbons (Fsp3) is 0.667. The topological polar surface area (TPSA) is 9.23 Å². The number of hydrogen-bond acceptors (Lipinski definition) is 1. The van der Waals surface area contributed by atoms with Crippen molar-refractivity contribution in [3.8, 4) is 5.75 Å². The average molecular weight is 311 g/mol. The van der Waals surface area contributed by atoms with Gasteiger partial charge >= 0.3 is 0 Å². The van der Waals surface area contributed by atoms with Crippen LogP contribution in [0.2, 0.25) is 0 Å². The second kappa shape index (κ2) is 6.56. The van der Waals surface area contributed by atoms with Gasteiger partial charge in [-0.15, -0.1) is 0 Å². The highest BCUT2D eigenvalue weighted by Crippen LogP contribution is 2.40. The zero-order valence-electron chi connectivity index (χ0n) is 12.7. The molecule has 1 saturated carbocycles. The molecule has 0 bridgehead atoms. The lowest BCUT2D eigenvalue weighted by atomic mass is 9.77. The van der Waals surface area contributed by atoms with Gasteiger partial charge in [-0.3, -0.25) is 0 Å². The van der Waals surface area contributed by atoms with E-state index in [1.54, 1.807) is 6.07 Å². The monoisotopic (exact) mass is 310 g/mol. The van der Waals surface area contributed by atoms with Gasteiger partial charge in [0, 0.05) is 6.42 Å². The van der Waals surface area contributed by atoms with Crippen LogP contribution >= 0.6 is 11.6 Å². The highest BCUT2D eigenvalue weighted by Gasteiger charge is 2.26. The van der Waals surface area contributed by atoms with Crippen LogP contribution in [0.25, 0.3) is 0 Å². The van der Waals surface area contributed by atoms with Crippen molar-refractivity contribution < 1.29 is 9.13 Å². The quantitative estimate of drug-likeness (QED) is 0.642. The summed E-state index contributed by atoms with van der Waals surface area (Å²) in [5.74, 6) is 1.55. The van der Waals surface area contributed by atoms with Gasteiger partial charge in [-0.05, 0) is 61.1 Å². The molecule has 0 saturated heterocycles. The van der Waals surface area contributed by atoms with Gasteiger partial charge in [0.1, 0.15) is 0 Å². The van der Waals surface area contributed by atoms with Crippen LogP contribution in [0.3, 0.4) is 0 Å². The minimum atomic E-state index is -0.387. The maximum absolute atomic E-state index is 14.3.